The van der Waals surface area contributed by atoms with Gasteiger partial charge in [0.15, 0.2) is 0 Å². The molecule has 1 saturated heterocycles. The molecule has 1 aliphatic rings. The molecular formula is C20H21N3O4S. The van der Waals surface area contributed by atoms with Gasteiger partial charge in [-0.05, 0) is 37.5 Å². The number of hydrogen-bond acceptors (Lipinski definition) is 6. The third-order valence-corrected chi connectivity index (χ3v) is 6.45. The van der Waals surface area contributed by atoms with E-state index in [4.69, 9.17) is 8.83 Å². The molecule has 0 spiro atoms. The Morgan fingerprint density at radius 3 is 2.54 bits per heavy atom. The van der Waals surface area contributed by atoms with Gasteiger partial charge in [0.05, 0.1) is 11.8 Å². The van der Waals surface area contributed by atoms with Crippen molar-refractivity contribution in [3.63, 3.8) is 0 Å². The highest BCUT2D eigenvalue weighted by molar-refractivity contribution is 7.92. The highest BCUT2D eigenvalue weighted by Gasteiger charge is 2.30. The van der Waals surface area contributed by atoms with Crippen LogP contribution in [0.5, 0.6) is 0 Å². The predicted octanol–water partition coefficient (Wildman–Crippen LogP) is 3.82. The number of aryl methyl sites for hydroxylation is 1. The maximum atomic E-state index is 12.6. The SMILES string of the molecule is Cc1ccc(/C=C/S(=O)(=O)N2CCC(c3nnc(-c4ccoc4)o3)CC2)cc1. The van der Waals surface area contributed by atoms with Gasteiger partial charge < -0.3 is 8.83 Å². The standard InChI is InChI=1S/C20H21N3O4S/c1-15-2-4-16(5-3-15)9-13-28(24,25)23-10-6-17(7-11-23)19-21-22-20(27-19)18-8-12-26-14-18/h2-5,8-9,12-14,17H,6-7,10-11H2,1H3/b13-9+. The highest BCUT2D eigenvalue weighted by atomic mass is 32.2. The zero-order valence-corrected chi connectivity index (χ0v) is 16.3. The van der Waals surface area contributed by atoms with Crippen molar-refractivity contribution in [1.82, 2.24) is 14.5 Å². The number of rotatable bonds is 5. The van der Waals surface area contributed by atoms with Crippen LogP contribution in [-0.4, -0.2) is 36.0 Å². The molecular weight excluding hydrogens is 378 g/mol. The predicted molar refractivity (Wildman–Crippen MR) is 105 cm³/mol. The second kappa shape index (κ2) is 7.73. The number of piperidine rings is 1. The average molecular weight is 399 g/mol. The Hall–Kier alpha value is -2.71. The first-order valence-electron chi connectivity index (χ1n) is 9.12. The van der Waals surface area contributed by atoms with E-state index < -0.39 is 10.0 Å². The molecule has 0 aliphatic carbocycles. The maximum absolute atomic E-state index is 12.6. The number of furan rings is 1. The summed E-state index contributed by atoms with van der Waals surface area (Å²) in [4.78, 5) is 0. The molecule has 1 fully saturated rings. The van der Waals surface area contributed by atoms with Crippen molar-refractivity contribution in [1.29, 1.82) is 0 Å². The fourth-order valence-corrected chi connectivity index (χ4v) is 4.41. The lowest BCUT2D eigenvalue weighted by molar-refractivity contribution is 0.293. The first-order valence-corrected chi connectivity index (χ1v) is 10.6. The summed E-state index contributed by atoms with van der Waals surface area (Å²) in [5.41, 5.74) is 2.74. The monoisotopic (exact) mass is 399 g/mol. The van der Waals surface area contributed by atoms with Gasteiger partial charge in [0.25, 0.3) is 5.89 Å². The maximum Gasteiger partial charge on any atom is 0.250 e. The minimum Gasteiger partial charge on any atom is -0.472 e. The van der Waals surface area contributed by atoms with Crippen LogP contribution in [0.1, 0.15) is 35.8 Å². The lowest BCUT2D eigenvalue weighted by Gasteiger charge is -2.28. The van der Waals surface area contributed by atoms with Crippen molar-refractivity contribution < 1.29 is 17.3 Å². The average Bonchev–Trinajstić information content (AvgIpc) is 3.39. The van der Waals surface area contributed by atoms with Crippen LogP contribution in [0.25, 0.3) is 17.5 Å². The summed E-state index contributed by atoms with van der Waals surface area (Å²) in [7, 11) is -3.45. The van der Waals surface area contributed by atoms with Crippen LogP contribution in [0, 0.1) is 6.92 Å². The van der Waals surface area contributed by atoms with Crippen LogP contribution in [0.15, 0.2) is 57.1 Å². The summed E-state index contributed by atoms with van der Waals surface area (Å²) in [5, 5.41) is 9.46. The summed E-state index contributed by atoms with van der Waals surface area (Å²) < 4.78 is 37.5. The quantitative estimate of drug-likeness (QED) is 0.648. The molecule has 146 valence electrons. The molecule has 7 nitrogen and oxygen atoms in total. The van der Waals surface area contributed by atoms with Crippen LogP contribution in [0.4, 0.5) is 0 Å². The molecule has 28 heavy (non-hydrogen) atoms. The molecule has 0 radical (unpaired) electrons. The number of nitrogens with zero attached hydrogens (tertiary/aromatic N) is 3. The number of aromatic nitrogens is 2. The fraction of sp³-hybridized carbons (Fsp3) is 0.300. The van der Waals surface area contributed by atoms with E-state index in [1.807, 2.05) is 31.2 Å². The lowest BCUT2D eigenvalue weighted by atomic mass is 9.98. The topological polar surface area (TPSA) is 89.4 Å². The van der Waals surface area contributed by atoms with Gasteiger partial charge in [-0.1, -0.05) is 29.8 Å². The molecule has 0 atom stereocenters. The zero-order valence-electron chi connectivity index (χ0n) is 15.5. The Morgan fingerprint density at radius 2 is 1.86 bits per heavy atom. The van der Waals surface area contributed by atoms with Crippen molar-refractivity contribution >= 4 is 16.1 Å². The van der Waals surface area contributed by atoms with Crippen LogP contribution >= 0.6 is 0 Å². The molecule has 1 aliphatic heterocycles. The second-order valence-corrected chi connectivity index (χ2v) is 8.71. The van der Waals surface area contributed by atoms with Gasteiger partial charge in [0, 0.05) is 24.4 Å². The molecule has 3 heterocycles. The second-order valence-electron chi connectivity index (χ2n) is 6.89. The molecule has 1 aromatic carbocycles. The summed E-state index contributed by atoms with van der Waals surface area (Å²) in [5.74, 6) is 1.02. The summed E-state index contributed by atoms with van der Waals surface area (Å²) in [6.07, 6.45) is 6.02. The van der Waals surface area contributed by atoms with Crippen LogP contribution < -0.4 is 0 Å². The Balaban J connectivity index is 1.38. The van der Waals surface area contributed by atoms with Crippen molar-refractivity contribution in [2.75, 3.05) is 13.1 Å². The zero-order chi connectivity index (χ0) is 19.6. The van der Waals surface area contributed by atoms with E-state index in [9.17, 15) is 8.42 Å². The molecule has 4 rings (SSSR count). The van der Waals surface area contributed by atoms with Gasteiger partial charge in [-0.3, -0.25) is 0 Å². The van der Waals surface area contributed by atoms with E-state index in [0.717, 1.165) is 16.7 Å². The smallest absolute Gasteiger partial charge is 0.250 e. The van der Waals surface area contributed by atoms with Crippen molar-refractivity contribution in [2.24, 2.45) is 0 Å². The van der Waals surface area contributed by atoms with Crippen LogP contribution in [0.2, 0.25) is 0 Å². The Kier molecular flexibility index (Phi) is 5.15. The van der Waals surface area contributed by atoms with Gasteiger partial charge in [-0.15, -0.1) is 10.2 Å². The Bertz CT molecular complexity index is 1050. The fourth-order valence-electron chi connectivity index (χ4n) is 3.19. The van der Waals surface area contributed by atoms with Gasteiger partial charge in [0.2, 0.25) is 15.9 Å². The first-order chi connectivity index (χ1) is 13.5. The first kappa shape index (κ1) is 18.6. The molecule has 0 bridgehead atoms. The number of benzene rings is 1. The minimum atomic E-state index is -3.45. The molecule has 3 aromatic rings. The van der Waals surface area contributed by atoms with E-state index in [2.05, 4.69) is 10.2 Å². The van der Waals surface area contributed by atoms with E-state index in [-0.39, 0.29) is 5.92 Å². The van der Waals surface area contributed by atoms with Gasteiger partial charge >= 0.3 is 0 Å². The normalized spacial score (nSPS) is 16.8. The van der Waals surface area contributed by atoms with Crippen LogP contribution in [-0.2, 0) is 10.0 Å². The van der Waals surface area contributed by atoms with Gasteiger partial charge in [-0.25, -0.2) is 8.42 Å². The Morgan fingerprint density at radius 1 is 1.11 bits per heavy atom. The number of hydrogen-bond donors (Lipinski definition) is 0. The molecule has 0 saturated carbocycles. The summed E-state index contributed by atoms with van der Waals surface area (Å²) in [6, 6.07) is 9.48. The van der Waals surface area contributed by atoms with E-state index in [0.29, 0.717) is 37.7 Å². The van der Waals surface area contributed by atoms with Crippen LogP contribution in [0.3, 0.4) is 0 Å². The third-order valence-electron chi connectivity index (χ3n) is 4.88. The molecule has 0 amide bonds. The van der Waals surface area contributed by atoms with Crippen molar-refractivity contribution in [3.05, 3.63) is 65.3 Å². The summed E-state index contributed by atoms with van der Waals surface area (Å²) >= 11 is 0. The lowest BCUT2D eigenvalue weighted by Crippen LogP contribution is -2.36. The van der Waals surface area contributed by atoms with E-state index >= 15 is 0 Å². The van der Waals surface area contributed by atoms with Gasteiger partial charge in [-0.2, -0.15) is 4.31 Å². The highest BCUT2D eigenvalue weighted by Crippen LogP contribution is 2.30. The molecule has 8 heteroatoms. The Labute approximate surface area is 163 Å². The van der Waals surface area contributed by atoms with E-state index in [1.54, 1.807) is 24.7 Å². The molecule has 0 N–H and O–H groups in total. The largest absolute Gasteiger partial charge is 0.472 e. The number of sulfonamides is 1. The van der Waals surface area contributed by atoms with E-state index in [1.165, 1.54) is 9.71 Å². The van der Waals surface area contributed by atoms with Crippen molar-refractivity contribution in [3.8, 4) is 11.5 Å². The van der Waals surface area contributed by atoms with Gasteiger partial charge in [0.1, 0.15) is 6.26 Å². The molecule has 2 aromatic heterocycles. The summed E-state index contributed by atoms with van der Waals surface area (Å²) in [6.45, 7) is 2.85. The van der Waals surface area contributed by atoms with Crippen molar-refractivity contribution in [2.45, 2.75) is 25.7 Å². The third kappa shape index (κ3) is 4.07. The minimum absolute atomic E-state index is 0.0562. The molecule has 0 unspecified atom stereocenters.